The van der Waals surface area contributed by atoms with Crippen LogP contribution in [-0.4, -0.2) is 11.9 Å². The third-order valence-electron chi connectivity index (χ3n) is 1.65. The molecular weight excluding hydrogens is 284 g/mol. The van der Waals surface area contributed by atoms with Gasteiger partial charge >= 0.3 is 0 Å². The first kappa shape index (κ1) is 15.8. The predicted octanol–water partition coefficient (Wildman–Crippen LogP) is 1.50. The van der Waals surface area contributed by atoms with Crippen molar-refractivity contribution in [2.24, 2.45) is 27.2 Å². The van der Waals surface area contributed by atoms with E-state index in [1.165, 1.54) is 0 Å². The van der Waals surface area contributed by atoms with Crippen LogP contribution in [0, 0.1) is 0 Å². The molecular formula is C9H12Cl3N5. The molecule has 17 heavy (non-hydrogen) atoms. The summed E-state index contributed by atoms with van der Waals surface area (Å²) in [7, 11) is 0. The SMILES string of the molecule is Cl.NC(N)=NC(N)=NCc1ccc(Cl)c(Cl)c1. The van der Waals surface area contributed by atoms with Gasteiger partial charge in [0.25, 0.3) is 0 Å². The molecule has 0 spiro atoms. The minimum atomic E-state index is -0.129. The van der Waals surface area contributed by atoms with Crippen LogP contribution in [0.25, 0.3) is 0 Å². The lowest BCUT2D eigenvalue weighted by molar-refractivity contribution is 1.05. The fraction of sp³-hybridized carbons (Fsp3) is 0.111. The maximum absolute atomic E-state index is 5.83. The largest absolute Gasteiger partial charge is 0.370 e. The first-order valence-electron chi connectivity index (χ1n) is 4.32. The van der Waals surface area contributed by atoms with Crippen LogP contribution in [0.2, 0.25) is 10.0 Å². The van der Waals surface area contributed by atoms with Crippen LogP contribution in [-0.2, 0) is 6.54 Å². The second-order valence-electron chi connectivity index (χ2n) is 2.96. The second kappa shape index (κ2) is 7.21. The van der Waals surface area contributed by atoms with Gasteiger partial charge in [0.2, 0.25) is 5.96 Å². The van der Waals surface area contributed by atoms with Gasteiger partial charge in [0.05, 0.1) is 16.6 Å². The highest BCUT2D eigenvalue weighted by molar-refractivity contribution is 6.42. The van der Waals surface area contributed by atoms with Crippen LogP contribution in [0.15, 0.2) is 28.2 Å². The molecule has 0 saturated carbocycles. The Labute approximate surface area is 115 Å². The number of rotatable bonds is 2. The van der Waals surface area contributed by atoms with Gasteiger partial charge in [0, 0.05) is 0 Å². The summed E-state index contributed by atoms with van der Waals surface area (Å²) >= 11 is 11.6. The minimum Gasteiger partial charge on any atom is -0.370 e. The molecule has 0 radical (unpaired) electrons. The van der Waals surface area contributed by atoms with Crippen molar-refractivity contribution >= 4 is 47.5 Å². The Morgan fingerprint density at radius 2 is 1.76 bits per heavy atom. The highest BCUT2D eigenvalue weighted by Crippen LogP contribution is 2.22. The van der Waals surface area contributed by atoms with Crippen molar-refractivity contribution in [1.82, 2.24) is 0 Å². The van der Waals surface area contributed by atoms with Crippen molar-refractivity contribution in [3.05, 3.63) is 33.8 Å². The summed E-state index contributed by atoms with van der Waals surface area (Å²) in [6.07, 6.45) is 0. The molecule has 94 valence electrons. The summed E-state index contributed by atoms with van der Waals surface area (Å²) in [5.74, 6) is -0.110. The summed E-state index contributed by atoms with van der Waals surface area (Å²) in [6.45, 7) is 0.333. The molecule has 6 N–H and O–H groups in total. The molecule has 0 aliphatic carbocycles. The number of nitrogens with two attached hydrogens (primary N) is 3. The zero-order chi connectivity index (χ0) is 12.1. The van der Waals surface area contributed by atoms with E-state index in [9.17, 15) is 0 Å². The van der Waals surface area contributed by atoms with Gasteiger partial charge in [-0.1, -0.05) is 29.3 Å². The number of halogens is 3. The molecule has 0 saturated heterocycles. The van der Waals surface area contributed by atoms with E-state index < -0.39 is 0 Å². The first-order chi connectivity index (χ1) is 7.49. The topological polar surface area (TPSA) is 103 Å². The fourth-order valence-electron chi connectivity index (χ4n) is 0.978. The standard InChI is InChI=1S/C9H11Cl2N5.ClH/c10-6-2-1-5(3-7(6)11)4-15-9(14)16-8(12)13;/h1-3H,4H2,(H6,12,13,14,15,16);1H. The maximum atomic E-state index is 5.83. The van der Waals surface area contributed by atoms with E-state index in [0.29, 0.717) is 16.6 Å². The van der Waals surface area contributed by atoms with Crippen molar-refractivity contribution in [1.29, 1.82) is 0 Å². The molecule has 8 heteroatoms. The van der Waals surface area contributed by atoms with Crippen LogP contribution >= 0.6 is 35.6 Å². The van der Waals surface area contributed by atoms with Gasteiger partial charge in [-0.25, -0.2) is 4.99 Å². The Morgan fingerprint density at radius 1 is 1.12 bits per heavy atom. The zero-order valence-corrected chi connectivity index (χ0v) is 11.1. The molecule has 0 amide bonds. The average Bonchev–Trinajstić information content (AvgIpc) is 2.19. The molecule has 1 aromatic carbocycles. The number of guanidine groups is 2. The molecule has 0 unspecified atom stereocenters. The highest BCUT2D eigenvalue weighted by Gasteiger charge is 1.99. The van der Waals surface area contributed by atoms with Crippen LogP contribution in [0.5, 0.6) is 0 Å². The summed E-state index contributed by atoms with van der Waals surface area (Å²) in [6, 6.07) is 5.18. The third kappa shape index (κ3) is 5.63. The average molecular weight is 297 g/mol. The van der Waals surface area contributed by atoms with E-state index in [-0.39, 0.29) is 24.3 Å². The van der Waals surface area contributed by atoms with Crippen LogP contribution < -0.4 is 17.2 Å². The van der Waals surface area contributed by atoms with Crippen molar-refractivity contribution in [3.63, 3.8) is 0 Å². The van der Waals surface area contributed by atoms with Gasteiger partial charge in [-0.2, -0.15) is 4.99 Å². The Bertz CT molecular complexity index is 440. The molecule has 0 bridgehead atoms. The van der Waals surface area contributed by atoms with E-state index in [2.05, 4.69) is 9.98 Å². The Hall–Kier alpha value is -1.17. The first-order valence-corrected chi connectivity index (χ1v) is 5.08. The molecule has 1 aromatic rings. The molecule has 5 nitrogen and oxygen atoms in total. The smallest absolute Gasteiger partial charge is 0.218 e. The summed E-state index contributed by atoms with van der Waals surface area (Å²) in [5.41, 5.74) is 16.6. The van der Waals surface area contributed by atoms with Crippen LogP contribution in [0.1, 0.15) is 5.56 Å². The van der Waals surface area contributed by atoms with Crippen molar-refractivity contribution < 1.29 is 0 Å². The third-order valence-corrected chi connectivity index (χ3v) is 2.39. The molecule has 0 fully saturated rings. The highest BCUT2D eigenvalue weighted by atomic mass is 35.5. The Kier molecular flexibility index (Phi) is 6.72. The van der Waals surface area contributed by atoms with Crippen molar-refractivity contribution in [2.45, 2.75) is 6.54 Å². The maximum Gasteiger partial charge on any atom is 0.218 e. The quantitative estimate of drug-likeness (QED) is 0.569. The predicted molar refractivity (Wildman–Crippen MR) is 74.8 cm³/mol. The van der Waals surface area contributed by atoms with Crippen LogP contribution in [0.4, 0.5) is 0 Å². The van der Waals surface area contributed by atoms with Gasteiger partial charge < -0.3 is 17.2 Å². The molecule has 0 aliphatic heterocycles. The molecule has 0 aromatic heterocycles. The molecule has 0 atom stereocenters. The molecule has 1 rings (SSSR count). The normalized spacial score (nSPS) is 10.6. The number of benzene rings is 1. The second-order valence-corrected chi connectivity index (χ2v) is 3.77. The van der Waals surface area contributed by atoms with Crippen molar-refractivity contribution in [3.8, 4) is 0 Å². The number of nitrogens with zero attached hydrogens (tertiary/aromatic N) is 2. The number of hydrogen-bond donors (Lipinski definition) is 3. The molecule has 0 heterocycles. The lowest BCUT2D eigenvalue weighted by Gasteiger charge is -2.00. The monoisotopic (exact) mass is 295 g/mol. The zero-order valence-electron chi connectivity index (χ0n) is 8.73. The van der Waals surface area contributed by atoms with Gasteiger partial charge in [-0.15, -0.1) is 12.4 Å². The summed E-state index contributed by atoms with van der Waals surface area (Å²) in [4.78, 5) is 7.52. The van der Waals surface area contributed by atoms with E-state index in [1.54, 1.807) is 18.2 Å². The van der Waals surface area contributed by atoms with E-state index in [1.807, 2.05) is 0 Å². The Morgan fingerprint density at radius 3 is 2.29 bits per heavy atom. The lowest BCUT2D eigenvalue weighted by atomic mass is 10.2. The lowest BCUT2D eigenvalue weighted by Crippen LogP contribution is -2.26. The fourth-order valence-corrected chi connectivity index (χ4v) is 1.30. The number of aliphatic imine (C=N–C) groups is 2. The van der Waals surface area contributed by atoms with E-state index in [4.69, 9.17) is 40.4 Å². The van der Waals surface area contributed by atoms with E-state index >= 15 is 0 Å². The number of hydrogen-bond acceptors (Lipinski definition) is 1. The van der Waals surface area contributed by atoms with E-state index in [0.717, 1.165) is 5.56 Å². The van der Waals surface area contributed by atoms with Crippen LogP contribution in [0.3, 0.4) is 0 Å². The van der Waals surface area contributed by atoms with Gasteiger partial charge in [0.15, 0.2) is 5.96 Å². The minimum absolute atomic E-state index is 0. The summed E-state index contributed by atoms with van der Waals surface area (Å²) in [5, 5.41) is 0.960. The molecule has 0 aliphatic rings. The van der Waals surface area contributed by atoms with Crippen molar-refractivity contribution in [2.75, 3.05) is 0 Å². The van der Waals surface area contributed by atoms with Gasteiger partial charge in [0.1, 0.15) is 0 Å². The van der Waals surface area contributed by atoms with Gasteiger partial charge in [-0.3, -0.25) is 0 Å². The Balaban J connectivity index is 0.00000256. The summed E-state index contributed by atoms with van der Waals surface area (Å²) < 4.78 is 0. The van der Waals surface area contributed by atoms with Gasteiger partial charge in [-0.05, 0) is 17.7 Å².